The van der Waals surface area contributed by atoms with Crippen molar-refractivity contribution in [2.45, 2.75) is 12.3 Å². The van der Waals surface area contributed by atoms with Gasteiger partial charge in [0.15, 0.2) is 11.6 Å². The van der Waals surface area contributed by atoms with Crippen LogP contribution in [-0.2, 0) is 0 Å². The van der Waals surface area contributed by atoms with Gasteiger partial charge in [0.25, 0.3) is 0 Å². The van der Waals surface area contributed by atoms with Crippen LogP contribution in [0.15, 0.2) is 138 Å². The second-order valence-electron chi connectivity index (χ2n) is 10.4. The quantitative estimate of drug-likeness (QED) is 0.229. The van der Waals surface area contributed by atoms with Crippen LogP contribution in [0, 0.1) is 0 Å². The fourth-order valence-electron chi connectivity index (χ4n) is 5.77. The molecular formula is C37H25N3O. The van der Waals surface area contributed by atoms with Crippen LogP contribution in [0.25, 0.3) is 66.6 Å². The first-order valence-corrected chi connectivity index (χ1v) is 13.9. The van der Waals surface area contributed by atoms with Crippen molar-refractivity contribution in [2.75, 3.05) is 0 Å². The molecule has 0 saturated carbocycles. The van der Waals surface area contributed by atoms with Gasteiger partial charge in [0.05, 0.1) is 0 Å². The summed E-state index contributed by atoms with van der Waals surface area (Å²) in [5, 5.41) is 4.47. The molecule has 0 fully saturated rings. The molecule has 1 atom stereocenters. The Bertz CT molecular complexity index is 2140. The van der Waals surface area contributed by atoms with Gasteiger partial charge in [-0.15, -0.1) is 0 Å². The average Bonchev–Trinajstić information content (AvgIpc) is 3.44. The van der Waals surface area contributed by atoms with Gasteiger partial charge >= 0.3 is 0 Å². The van der Waals surface area contributed by atoms with Crippen LogP contribution in [0.2, 0.25) is 0 Å². The Labute approximate surface area is 237 Å². The van der Waals surface area contributed by atoms with Crippen molar-refractivity contribution in [3.05, 3.63) is 139 Å². The van der Waals surface area contributed by atoms with E-state index in [1.807, 2.05) is 42.5 Å². The molecule has 5 aromatic carbocycles. The lowest BCUT2D eigenvalue weighted by Gasteiger charge is -2.15. The predicted octanol–water partition coefficient (Wildman–Crippen LogP) is 9.52. The molecule has 4 heteroatoms. The Morgan fingerprint density at radius 3 is 2.27 bits per heavy atom. The highest BCUT2D eigenvalue weighted by molar-refractivity contribution is 6.16. The van der Waals surface area contributed by atoms with Crippen LogP contribution in [0.4, 0.5) is 0 Å². The van der Waals surface area contributed by atoms with Gasteiger partial charge in [-0.2, -0.15) is 0 Å². The van der Waals surface area contributed by atoms with E-state index in [1.165, 1.54) is 10.8 Å². The molecule has 2 heterocycles. The average molecular weight is 528 g/mol. The van der Waals surface area contributed by atoms with Gasteiger partial charge in [-0.3, -0.25) is 0 Å². The fraction of sp³-hybridized carbons (Fsp3) is 0.0541. The number of aromatic nitrogens is 3. The molecule has 41 heavy (non-hydrogen) atoms. The standard InChI is InChI=1S/C37H25N3O/c1-3-12-25(13-4-1)35-38-36(26-14-5-2-6-15-26)40-37(39-35)31-22-21-29(28-20-19-24-11-7-8-16-27(24)23-28)34-33(31)30-17-9-10-18-32(30)41-34/h1-14,16-23,26H,15H2. The van der Waals surface area contributed by atoms with Gasteiger partial charge in [-0.25, -0.2) is 15.0 Å². The van der Waals surface area contributed by atoms with E-state index in [2.05, 4.69) is 91.0 Å². The van der Waals surface area contributed by atoms with Gasteiger partial charge < -0.3 is 4.42 Å². The number of para-hydroxylation sites is 1. The third-order valence-corrected chi connectivity index (χ3v) is 7.82. The smallest absolute Gasteiger partial charge is 0.164 e. The minimum atomic E-state index is 0.0951. The molecule has 0 aliphatic heterocycles. The predicted molar refractivity (Wildman–Crippen MR) is 167 cm³/mol. The van der Waals surface area contributed by atoms with Gasteiger partial charge in [0.1, 0.15) is 17.0 Å². The second kappa shape index (κ2) is 9.68. The molecule has 0 radical (unpaired) electrons. The van der Waals surface area contributed by atoms with Gasteiger partial charge in [-0.1, -0.05) is 109 Å². The number of hydrogen-bond acceptors (Lipinski definition) is 4. The molecule has 4 nitrogen and oxygen atoms in total. The van der Waals surface area contributed by atoms with Crippen molar-refractivity contribution < 1.29 is 4.42 Å². The maximum Gasteiger partial charge on any atom is 0.164 e. The fourth-order valence-corrected chi connectivity index (χ4v) is 5.77. The maximum atomic E-state index is 6.58. The summed E-state index contributed by atoms with van der Waals surface area (Å²) in [5.74, 6) is 2.19. The summed E-state index contributed by atoms with van der Waals surface area (Å²) in [6.07, 6.45) is 9.33. The summed E-state index contributed by atoms with van der Waals surface area (Å²) in [4.78, 5) is 15.1. The summed E-state index contributed by atoms with van der Waals surface area (Å²) in [6, 6.07) is 37.6. The number of benzene rings is 5. The van der Waals surface area contributed by atoms with Crippen LogP contribution >= 0.6 is 0 Å². The molecule has 1 aliphatic carbocycles. The van der Waals surface area contributed by atoms with Crippen LogP contribution in [0.5, 0.6) is 0 Å². The van der Waals surface area contributed by atoms with Crippen LogP contribution in [0.1, 0.15) is 18.2 Å². The highest BCUT2D eigenvalue weighted by Gasteiger charge is 2.22. The van der Waals surface area contributed by atoms with Crippen LogP contribution in [-0.4, -0.2) is 15.0 Å². The molecule has 7 aromatic rings. The Morgan fingerprint density at radius 2 is 1.39 bits per heavy atom. The zero-order valence-electron chi connectivity index (χ0n) is 22.2. The topological polar surface area (TPSA) is 51.8 Å². The van der Waals surface area contributed by atoms with Crippen molar-refractivity contribution in [3.8, 4) is 33.9 Å². The molecule has 0 saturated heterocycles. The van der Waals surface area contributed by atoms with E-state index in [0.717, 1.165) is 56.4 Å². The molecule has 194 valence electrons. The number of furan rings is 1. The normalized spacial score (nSPS) is 14.8. The lowest BCUT2D eigenvalue weighted by Crippen LogP contribution is -2.08. The summed E-state index contributed by atoms with van der Waals surface area (Å²) in [7, 11) is 0. The largest absolute Gasteiger partial charge is 0.455 e. The number of rotatable bonds is 4. The summed E-state index contributed by atoms with van der Waals surface area (Å²) < 4.78 is 6.58. The Hall–Kier alpha value is -5.35. The Balaban J connectivity index is 1.39. The first-order valence-electron chi connectivity index (χ1n) is 13.9. The van der Waals surface area contributed by atoms with Crippen molar-refractivity contribution in [3.63, 3.8) is 0 Å². The highest BCUT2D eigenvalue weighted by Crippen LogP contribution is 2.42. The third kappa shape index (κ3) is 4.12. The van der Waals surface area contributed by atoms with E-state index in [0.29, 0.717) is 11.6 Å². The maximum absolute atomic E-state index is 6.58. The molecular weight excluding hydrogens is 502 g/mol. The van der Waals surface area contributed by atoms with Gasteiger partial charge in [0.2, 0.25) is 0 Å². The van der Waals surface area contributed by atoms with Crippen molar-refractivity contribution >= 4 is 32.7 Å². The van der Waals surface area contributed by atoms with E-state index in [1.54, 1.807) is 0 Å². The zero-order chi connectivity index (χ0) is 27.2. The van der Waals surface area contributed by atoms with Gasteiger partial charge in [0, 0.05) is 33.4 Å². The van der Waals surface area contributed by atoms with Crippen LogP contribution in [0.3, 0.4) is 0 Å². The van der Waals surface area contributed by atoms with E-state index in [9.17, 15) is 0 Å². The monoisotopic (exact) mass is 527 g/mol. The zero-order valence-corrected chi connectivity index (χ0v) is 22.2. The SMILES string of the molecule is C1=CCC(c2nc(-c3ccccc3)nc(-c3ccc(-c4ccc5ccccc5c4)c4oc5ccccc5c34)n2)C=C1. The molecule has 0 N–H and O–H groups in total. The summed E-state index contributed by atoms with van der Waals surface area (Å²) in [6.45, 7) is 0. The lowest BCUT2D eigenvalue weighted by molar-refractivity contribution is 0.670. The first-order chi connectivity index (χ1) is 20.3. The van der Waals surface area contributed by atoms with Crippen molar-refractivity contribution in [2.24, 2.45) is 0 Å². The van der Waals surface area contributed by atoms with Crippen molar-refractivity contribution in [1.82, 2.24) is 15.0 Å². The highest BCUT2D eigenvalue weighted by atomic mass is 16.3. The molecule has 8 rings (SSSR count). The minimum absolute atomic E-state index is 0.0951. The number of fused-ring (bicyclic) bond motifs is 4. The summed E-state index contributed by atoms with van der Waals surface area (Å²) in [5.41, 5.74) is 5.74. The Kier molecular flexibility index (Phi) is 5.56. The molecule has 1 aliphatic rings. The molecule has 0 amide bonds. The second-order valence-corrected chi connectivity index (χ2v) is 10.4. The number of nitrogens with zero attached hydrogens (tertiary/aromatic N) is 3. The van der Waals surface area contributed by atoms with E-state index in [-0.39, 0.29) is 5.92 Å². The molecule has 1 unspecified atom stereocenters. The van der Waals surface area contributed by atoms with E-state index < -0.39 is 0 Å². The number of hydrogen-bond donors (Lipinski definition) is 0. The first kappa shape index (κ1) is 23.5. The lowest BCUT2D eigenvalue weighted by atomic mass is 9.96. The van der Waals surface area contributed by atoms with Crippen LogP contribution < -0.4 is 0 Å². The van der Waals surface area contributed by atoms with Gasteiger partial charge in [-0.05, 0) is 47.0 Å². The van der Waals surface area contributed by atoms with Crippen molar-refractivity contribution in [1.29, 1.82) is 0 Å². The molecule has 2 aromatic heterocycles. The number of allylic oxidation sites excluding steroid dienone is 4. The van der Waals surface area contributed by atoms with E-state index in [4.69, 9.17) is 19.4 Å². The molecule has 0 bridgehead atoms. The Morgan fingerprint density at radius 1 is 0.610 bits per heavy atom. The summed E-state index contributed by atoms with van der Waals surface area (Å²) >= 11 is 0. The van der Waals surface area contributed by atoms with E-state index >= 15 is 0 Å². The minimum Gasteiger partial charge on any atom is -0.455 e. The molecule has 0 spiro atoms. The third-order valence-electron chi connectivity index (χ3n) is 7.82.